The number of hydrogen-bond donors (Lipinski definition) is 1. The second kappa shape index (κ2) is 4.95. The van der Waals surface area contributed by atoms with Crippen LogP contribution in [0.2, 0.25) is 0 Å². The monoisotopic (exact) mass is 267 g/mol. The molecule has 2 nitrogen and oxygen atoms in total. The van der Waals surface area contributed by atoms with E-state index in [-0.39, 0.29) is 5.54 Å². The summed E-state index contributed by atoms with van der Waals surface area (Å²) in [5.41, 5.74) is 11.5. The minimum Gasteiger partial charge on any atom is -0.497 e. The van der Waals surface area contributed by atoms with Crippen LogP contribution >= 0.6 is 0 Å². The highest BCUT2D eigenvalue weighted by atomic mass is 16.5. The Bertz CT molecular complexity index is 618. The standard InChI is InChI=1S/C18H21NO/c1-3-13-4-7-15(8-5-13)18(19)11-10-14-6-9-16(20-2)12-17(14)18/h4-9,12H,3,10-11,19H2,1-2H3. The number of ether oxygens (including phenoxy) is 1. The fraction of sp³-hybridized carbons (Fsp3) is 0.333. The molecule has 0 amide bonds. The van der Waals surface area contributed by atoms with Crippen molar-refractivity contribution in [2.24, 2.45) is 5.73 Å². The van der Waals surface area contributed by atoms with Crippen molar-refractivity contribution in [2.75, 3.05) is 7.11 Å². The Morgan fingerprint density at radius 2 is 1.90 bits per heavy atom. The Morgan fingerprint density at radius 3 is 2.55 bits per heavy atom. The first-order chi connectivity index (χ1) is 9.67. The summed E-state index contributed by atoms with van der Waals surface area (Å²) in [6.07, 6.45) is 3.05. The van der Waals surface area contributed by atoms with Crippen molar-refractivity contribution in [3.63, 3.8) is 0 Å². The van der Waals surface area contributed by atoms with Gasteiger partial charge in [-0.25, -0.2) is 0 Å². The minimum atomic E-state index is -0.379. The fourth-order valence-electron chi connectivity index (χ4n) is 3.12. The topological polar surface area (TPSA) is 35.2 Å². The first-order valence-electron chi connectivity index (χ1n) is 7.23. The first-order valence-corrected chi connectivity index (χ1v) is 7.23. The van der Waals surface area contributed by atoms with Crippen molar-refractivity contribution in [1.82, 2.24) is 0 Å². The molecule has 0 bridgehead atoms. The van der Waals surface area contributed by atoms with E-state index in [1.165, 1.54) is 22.3 Å². The van der Waals surface area contributed by atoms with Crippen LogP contribution in [0.3, 0.4) is 0 Å². The van der Waals surface area contributed by atoms with E-state index >= 15 is 0 Å². The molecule has 1 aliphatic carbocycles. The molecule has 0 saturated carbocycles. The van der Waals surface area contributed by atoms with Crippen molar-refractivity contribution in [2.45, 2.75) is 31.7 Å². The lowest BCUT2D eigenvalue weighted by Crippen LogP contribution is -2.35. The molecule has 0 radical (unpaired) electrons. The van der Waals surface area contributed by atoms with Gasteiger partial charge >= 0.3 is 0 Å². The number of methoxy groups -OCH3 is 1. The summed E-state index contributed by atoms with van der Waals surface area (Å²) < 4.78 is 5.35. The molecule has 0 aromatic heterocycles. The lowest BCUT2D eigenvalue weighted by Gasteiger charge is -2.26. The van der Waals surface area contributed by atoms with Crippen molar-refractivity contribution in [1.29, 1.82) is 0 Å². The van der Waals surface area contributed by atoms with E-state index in [0.717, 1.165) is 25.0 Å². The Morgan fingerprint density at radius 1 is 1.15 bits per heavy atom. The maximum Gasteiger partial charge on any atom is 0.119 e. The third-order valence-electron chi connectivity index (χ3n) is 4.46. The third-order valence-corrected chi connectivity index (χ3v) is 4.46. The number of aryl methyl sites for hydroxylation is 2. The van der Waals surface area contributed by atoms with Gasteiger partial charge in [-0.1, -0.05) is 37.3 Å². The van der Waals surface area contributed by atoms with Gasteiger partial charge in [0.2, 0.25) is 0 Å². The molecule has 0 heterocycles. The molecule has 2 heteroatoms. The quantitative estimate of drug-likeness (QED) is 0.925. The molecule has 0 spiro atoms. The molecule has 1 aliphatic rings. The summed E-state index contributed by atoms with van der Waals surface area (Å²) in [5, 5.41) is 0. The summed E-state index contributed by atoms with van der Waals surface area (Å²) in [4.78, 5) is 0. The van der Waals surface area contributed by atoms with Crippen LogP contribution in [0.15, 0.2) is 42.5 Å². The van der Waals surface area contributed by atoms with Gasteiger partial charge < -0.3 is 10.5 Å². The van der Waals surface area contributed by atoms with E-state index in [1.807, 2.05) is 6.07 Å². The van der Waals surface area contributed by atoms with Gasteiger partial charge in [0.1, 0.15) is 5.75 Å². The van der Waals surface area contributed by atoms with E-state index < -0.39 is 0 Å². The number of rotatable bonds is 3. The van der Waals surface area contributed by atoms with Crippen LogP contribution in [-0.2, 0) is 18.4 Å². The van der Waals surface area contributed by atoms with Gasteiger partial charge in [-0.05, 0) is 53.6 Å². The van der Waals surface area contributed by atoms with Crippen LogP contribution in [0.5, 0.6) is 5.75 Å². The molecule has 20 heavy (non-hydrogen) atoms. The zero-order chi connectivity index (χ0) is 14.2. The minimum absolute atomic E-state index is 0.379. The molecule has 2 aromatic rings. The molecule has 2 aromatic carbocycles. The Kier molecular flexibility index (Phi) is 3.27. The molecule has 0 saturated heterocycles. The largest absolute Gasteiger partial charge is 0.497 e. The summed E-state index contributed by atoms with van der Waals surface area (Å²) in [5.74, 6) is 0.880. The number of fused-ring (bicyclic) bond motifs is 1. The SMILES string of the molecule is CCc1ccc(C2(N)CCc3ccc(OC)cc32)cc1. The summed E-state index contributed by atoms with van der Waals surface area (Å²) in [7, 11) is 1.70. The van der Waals surface area contributed by atoms with E-state index in [9.17, 15) is 0 Å². The van der Waals surface area contributed by atoms with Crippen LogP contribution in [0, 0.1) is 0 Å². The molecule has 0 aliphatic heterocycles. The predicted molar refractivity (Wildman–Crippen MR) is 82.1 cm³/mol. The molecule has 1 atom stereocenters. The fourth-order valence-corrected chi connectivity index (χ4v) is 3.12. The maximum absolute atomic E-state index is 6.75. The van der Waals surface area contributed by atoms with Crippen LogP contribution in [0.25, 0.3) is 0 Å². The molecular formula is C18H21NO. The van der Waals surface area contributed by atoms with E-state index in [1.54, 1.807) is 7.11 Å². The highest BCUT2D eigenvalue weighted by Crippen LogP contribution is 2.41. The van der Waals surface area contributed by atoms with E-state index in [4.69, 9.17) is 10.5 Å². The molecule has 1 unspecified atom stereocenters. The number of benzene rings is 2. The normalized spacial score (nSPS) is 20.8. The van der Waals surface area contributed by atoms with Gasteiger partial charge in [0.25, 0.3) is 0 Å². The summed E-state index contributed by atoms with van der Waals surface area (Å²) in [6.45, 7) is 2.17. The van der Waals surface area contributed by atoms with Crippen LogP contribution in [0.4, 0.5) is 0 Å². The number of nitrogens with two attached hydrogens (primary N) is 1. The summed E-state index contributed by atoms with van der Waals surface area (Å²) >= 11 is 0. The van der Waals surface area contributed by atoms with Crippen molar-refractivity contribution in [3.05, 3.63) is 64.7 Å². The van der Waals surface area contributed by atoms with Gasteiger partial charge in [-0.2, -0.15) is 0 Å². The van der Waals surface area contributed by atoms with E-state index in [2.05, 4.69) is 43.3 Å². The summed E-state index contributed by atoms with van der Waals surface area (Å²) in [6, 6.07) is 15.0. The molecule has 3 rings (SSSR count). The first kappa shape index (κ1) is 13.2. The van der Waals surface area contributed by atoms with Crippen LogP contribution in [0.1, 0.15) is 35.6 Å². The van der Waals surface area contributed by atoms with Gasteiger partial charge in [-0.3, -0.25) is 0 Å². The van der Waals surface area contributed by atoms with Crippen LogP contribution in [-0.4, -0.2) is 7.11 Å². The molecular weight excluding hydrogens is 246 g/mol. The highest BCUT2D eigenvalue weighted by Gasteiger charge is 2.36. The van der Waals surface area contributed by atoms with Gasteiger partial charge in [0.05, 0.1) is 12.6 Å². The van der Waals surface area contributed by atoms with Crippen molar-refractivity contribution in [3.8, 4) is 5.75 Å². The molecule has 2 N–H and O–H groups in total. The van der Waals surface area contributed by atoms with Gasteiger partial charge in [0, 0.05) is 0 Å². The van der Waals surface area contributed by atoms with E-state index in [0.29, 0.717) is 0 Å². The Labute approximate surface area is 120 Å². The lowest BCUT2D eigenvalue weighted by molar-refractivity contribution is 0.413. The highest BCUT2D eigenvalue weighted by molar-refractivity contribution is 5.50. The smallest absolute Gasteiger partial charge is 0.119 e. The van der Waals surface area contributed by atoms with Gasteiger partial charge in [-0.15, -0.1) is 0 Å². The van der Waals surface area contributed by atoms with Gasteiger partial charge in [0.15, 0.2) is 0 Å². The predicted octanol–water partition coefficient (Wildman–Crippen LogP) is 3.41. The Hall–Kier alpha value is -1.80. The average Bonchev–Trinajstić information content (AvgIpc) is 2.85. The molecule has 0 fully saturated rings. The lowest BCUT2D eigenvalue weighted by atomic mass is 9.84. The second-order valence-corrected chi connectivity index (χ2v) is 5.54. The zero-order valence-corrected chi connectivity index (χ0v) is 12.1. The second-order valence-electron chi connectivity index (χ2n) is 5.54. The average molecular weight is 267 g/mol. The van der Waals surface area contributed by atoms with Crippen LogP contribution < -0.4 is 10.5 Å². The van der Waals surface area contributed by atoms with Crippen molar-refractivity contribution >= 4 is 0 Å². The zero-order valence-electron chi connectivity index (χ0n) is 12.1. The Balaban J connectivity index is 2.06. The maximum atomic E-state index is 6.75. The number of hydrogen-bond acceptors (Lipinski definition) is 2. The molecule has 104 valence electrons. The third kappa shape index (κ3) is 2.01. The van der Waals surface area contributed by atoms with Crippen molar-refractivity contribution < 1.29 is 4.74 Å².